The molecule has 0 saturated carbocycles. The molecule has 0 saturated heterocycles. The fourth-order valence-corrected chi connectivity index (χ4v) is 2.47. The average Bonchev–Trinajstić information content (AvgIpc) is 2.47. The summed E-state index contributed by atoms with van der Waals surface area (Å²) in [5, 5.41) is 3.56. The Bertz CT molecular complexity index is 531. The molecule has 1 heterocycles. The van der Waals surface area contributed by atoms with Crippen molar-refractivity contribution >= 4 is 0 Å². The number of nitrogens with zero attached hydrogens (tertiary/aromatic N) is 1. The van der Waals surface area contributed by atoms with Crippen LogP contribution in [0.15, 0.2) is 42.7 Å². The standard InChI is InChI=1S/C18H24N2/c1-4-15-6-8-16(9-7-15)11-18(20-5-2)17-10-14(3)12-19-13-17/h6-10,12-13,18,20H,4-5,11H2,1-3H3. The quantitative estimate of drug-likeness (QED) is 0.861. The molecule has 1 N–H and O–H groups in total. The second kappa shape index (κ2) is 7.20. The highest BCUT2D eigenvalue weighted by Gasteiger charge is 2.11. The van der Waals surface area contributed by atoms with E-state index in [9.17, 15) is 0 Å². The van der Waals surface area contributed by atoms with Crippen LogP contribution in [0.3, 0.4) is 0 Å². The Morgan fingerprint density at radius 1 is 1.05 bits per heavy atom. The molecule has 0 aliphatic carbocycles. The Labute approximate surface area is 122 Å². The van der Waals surface area contributed by atoms with Crippen molar-refractivity contribution in [3.63, 3.8) is 0 Å². The SMILES string of the molecule is CCNC(Cc1ccc(CC)cc1)c1cncc(C)c1. The molecule has 0 spiro atoms. The van der Waals surface area contributed by atoms with Gasteiger partial charge in [-0.3, -0.25) is 4.98 Å². The lowest BCUT2D eigenvalue weighted by atomic mass is 9.98. The van der Waals surface area contributed by atoms with Crippen LogP contribution in [-0.2, 0) is 12.8 Å². The maximum Gasteiger partial charge on any atom is 0.0376 e. The first kappa shape index (κ1) is 14.7. The van der Waals surface area contributed by atoms with Crippen LogP contribution in [0.5, 0.6) is 0 Å². The number of pyridine rings is 1. The molecular weight excluding hydrogens is 244 g/mol. The van der Waals surface area contributed by atoms with Crippen LogP contribution >= 0.6 is 0 Å². The molecule has 2 nitrogen and oxygen atoms in total. The zero-order valence-electron chi connectivity index (χ0n) is 12.7. The molecule has 106 valence electrons. The molecule has 2 heteroatoms. The van der Waals surface area contributed by atoms with Crippen molar-refractivity contribution in [2.45, 2.75) is 39.7 Å². The summed E-state index contributed by atoms with van der Waals surface area (Å²) < 4.78 is 0. The van der Waals surface area contributed by atoms with Crippen molar-refractivity contribution in [3.05, 3.63) is 65.0 Å². The number of rotatable bonds is 6. The van der Waals surface area contributed by atoms with Crippen molar-refractivity contribution in [3.8, 4) is 0 Å². The summed E-state index contributed by atoms with van der Waals surface area (Å²) in [6.45, 7) is 7.40. The van der Waals surface area contributed by atoms with Crippen LogP contribution in [0.25, 0.3) is 0 Å². The third-order valence-electron chi connectivity index (χ3n) is 3.62. The van der Waals surface area contributed by atoms with E-state index in [0.29, 0.717) is 6.04 Å². The van der Waals surface area contributed by atoms with Gasteiger partial charge in [0.25, 0.3) is 0 Å². The highest BCUT2D eigenvalue weighted by molar-refractivity contribution is 5.26. The van der Waals surface area contributed by atoms with Gasteiger partial charge >= 0.3 is 0 Å². The Hall–Kier alpha value is -1.67. The number of aryl methyl sites for hydroxylation is 2. The molecule has 0 aliphatic rings. The number of hydrogen-bond donors (Lipinski definition) is 1. The first-order valence-electron chi connectivity index (χ1n) is 7.45. The minimum Gasteiger partial charge on any atom is -0.310 e. The summed E-state index contributed by atoms with van der Waals surface area (Å²) in [5.41, 5.74) is 5.25. The van der Waals surface area contributed by atoms with E-state index in [0.717, 1.165) is 19.4 Å². The van der Waals surface area contributed by atoms with E-state index in [-0.39, 0.29) is 0 Å². The molecule has 0 radical (unpaired) electrons. The third-order valence-corrected chi connectivity index (χ3v) is 3.62. The average molecular weight is 268 g/mol. The van der Waals surface area contributed by atoms with Crippen LogP contribution in [-0.4, -0.2) is 11.5 Å². The number of hydrogen-bond acceptors (Lipinski definition) is 2. The molecule has 1 unspecified atom stereocenters. The minimum absolute atomic E-state index is 0.333. The predicted octanol–water partition coefficient (Wildman–Crippen LogP) is 3.85. The van der Waals surface area contributed by atoms with Crippen LogP contribution in [0, 0.1) is 6.92 Å². The molecule has 20 heavy (non-hydrogen) atoms. The van der Waals surface area contributed by atoms with Gasteiger partial charge in [-0.2, -0.15) is 0 Å². The predicted molar refractivity (Wildman–Crippen MR) is 84.9 cm³/mol. The Kier molecular flexibility index (Phi) is 5.31. The highest BCUT2D eigenvalue weighted by Crippen LogP contribution is 2.19. The second-order valence-corrected chi connectivity index (χ2v) is 5.28. The monoisotopic (exact) mass is 268 g/mol. The molecule has 0 aliphatic heterocycles. The molecule has 1 aromatic heterocycles. The number of benzene rings is 1. The molecule has 1 aromatic carbocycles. The van der Waals surface area contributed by atoms with Gasteiger partial charge in [-0.25, -0.2) is 0 Å². The van der Waals surface area contributed by atoms with Gasteiger partial charge in [-0.15, -0.1) is 0 Å². The molecule has 0 fully saturated rings. The van der Waals surface area contributed by atoms with E-state index in [2.05, 4.69) is 61.4 Å². The van der Waals surface area contributed by atoms with Crippen molar-refractivity contribution in [1.82, 2.24) is 10.3 Å². The van der Waals surface area contributed by atoms with Crippen molar-refractivity contribution in [2.75, 3.05) is 6.54 Å². The van der Waals surface area contributed by atoms with Crippen LogP contribution in [0.1, 0.15) is 42.1 Å². The third kappa shape index (κ3) is 3.91. The van der Waals surface area contributed by atoms with Gasteiger partial charge in [-0.05, 0) is 48.6 Å². The normalized spacial score (nSPS) is 12.3. The largest absolute Gasteiger partial charge is 0.310 e. The fourth-order valence-electron chi connectivity index (χ4n) is 2.47. The van der Waals surface area contributed by atoms with E-state index < -0.39 is 0 Å². The molecular formula is C18H24N2. The number of likely N-dealkylation sites (N-methyl/N-ethyl adjacent to an activating group) is 1. The Balaban J connectivity index is 2.16. The van der Waals surface area contributed by atoms with Gasteiger partial charge in [0.15, 0.2) is 0 Å². The van der Waals surface area contributed by atoms with Gasteiger partial charge in [0.2, 0.25) is 0 Å². The smallest absolute Gasteiger partial charge is 0.0376 e. The van der Waals surface area contributed by atoms with E-state index in [1.54, 1.807) is 0 Å². The summed E-state index contributed by atoms with van der Waals surface area (Å²) in [7, 11) is 0. The maximum atomic E-state index is 4.32. The van der Waals surface area contributed by atoms with Gasteiger partial charge in [0.05, 0.1) is 0 Å². The van der Waals surface area contributed by atoms with Crippen LogP contribution in [0.2, 0.25) is 0 Å². The maximum absolute atomic E-state index is 4.32. The molecule has 0 amide bonds. The zero-order valence-corrected chi connectivity index (χ0v) is 12.7. The van der Waals surface area contributed by atoms with Crippen LogP contribution < -0.4 is 5.32 Å². The number of aromatic nitrogens is 1. The van der Waals surface area contributed by atoms with Gasteiger partial charge < -0.3 is 5.32 Å². The summed E-state index contributed by atoms with van der Waals surface area (Å²) >= 11 is 0. The molecule has 2 rings (SSSR count). The van der Waals surface area contributed by atoms with E-state index in [1.807, 2.05) is 12.4 Å². The van der Waals surface area contributed by atoms with Gasteiger partial charge in [0.1, 0.15) is 0 Å². The first-order valence-corrected chi connectivity index (χ1v) is 7.45. The fraction of sp³-hybridized carbons (Fsp3) is 0.389. The van der Waals surface area contributed by atoms with E-state index in [4.69, 9.17) is 0 Å². The topological polar surface area (TPSA) is 24.9 Å². The lowest BCUT2D eigenvalue weighted by Gasteiger charge is -2.18. The highest BCUT2D eigenvalue weighted by atomic mass is 14.9. The van der Waals surface area contributed by atoms with E-state index in [1.165, 1.54) is 22.3 Å². The summed E-state index contributed by atoms with van der Waals surface area (Å²) in [6, 6.07) is 11.5. The second-order valence-electron chi connectivity index (χ2n) is 5.28. The van der Waals surface area contributed by atoms with Crippen molar-refractivity contribution < 1.29 is 0 Å². The first-order chi connectivity index (χ1) is 9.72. The van der Waals surface area contributed by atoms with Crippen LogP contribution in [0.4, 0.5) is 0 Å². The Morgan fingerprint density at radius 3 is 2.35 bits per heavy atom. The summed E-state index contributed by atoms with van der Waals surface area (Å²) in [5.74, 6) is 0. The number of nitrogens with one attached hydrogen (secondary N) is 1. The van der Waals surface area contributed by atoms with Gasteiger partial charge in [0, 0.05) is 18.4 Å². The lowest BCUT2D eigenvalue weighted by molar-refractivity contribution is 0.548. The lowest BCUT2D eigenvalue weighted by Crippen LogP contribution is -2.23. The Morgan fingerprint density at radius 2 is 1.75 bits per heavy atom. The van der Waals surface area contributed by atoms with E-state index >= 15 is 0 Å². The molecule has 0 bridgehead atoms. The van der Waals surface area contributed by atoms with Crippen molar-refractivity contribution in [2.24, 2.45) is 0 Å². The summed E-state index contributed by atoms with van der Waals surface area (Å²) in [4.78, 5) is 4.32. The minimum atomic E-state index is 0.333. The van der Waals surface area contributed by atoms with Gasteiger partial charge in [-0.1, -0.05) is 44.2 Å². The zero-order chi connectivity index (χ0) is 14.4. The van der Waals surface area contributed by atoms with Crippen molar-refractivity contribution in [1.29, 1.82) is 0 Å². The molecule has 2 aromatic rings. The molecule has 1 atom stereocenters. The summed E-state index contributed by atoms with van der Waals surface area (Å²) in [6.07, 6.45) is 5.98.